The molecule has 0 saturated heterocycles. The number of benzene rings is 9. The lowest BCUT2D eigenvalue weighted by Crippen LogP contribution is -1.93. The fourth-order valence-electron chi connectivity index (χ4n) is 8.16. The molecule has 0 amide bonds. The van der Waals surface area contributed by atoms with Crippen LogP contribution in [0.15, 0.2) is 224 Å². The Morgan fingerprint density at radius 1 is 0.196 bits per heavy atom. The fourth-order valence-corrected chi connectivity index (χ4v) is 8.16. The van der Waals surface area contributed by atoms with Gasteiger partial charge in [0.05, 0.1) is 11.4 Å². The highest BCUT2D eigenvalue weighted by Gasteiger charge is 2.18. The molecule has 0 radical (unpaired) electrons. The Morgan fingerprint density at radius 2 is 0.482 bits per heavy atom. The van der Waals surface area contributed by atoms with E-state index in [9.17, 15) is 0 Å². The number of rotatable bonds is 7. The molecule has 0 aliphatic rings. The molecule has 56 heavy (non-hydrogen) atoms. The normalized spacial score (nSPS) is 11.2. The SMILES string of the molecule is c1ccc(-c2cc(-c3ccccc3)cc(-c3c4ccccc4c(-c4ccc(-c5cc(-c6ccccc6)cc(-c6ccccc6)n5)cc4)c4ccccc34)c2)cc1. The van der Waals surface area contributed by atoms with Crippen molar-refractivity contribution in [3.05, 3.63) is 224 Å². The summed E-state index contributed by atoms with van der Waals surface area (Å²) >= 11 is 0. The average molecular weight is 712 g/mol. The molecule has 1 heterocycles. The molecule has 1 aromatic heterocycles. The predicted molar refractivity (Wildman–Crippen MR) is 237 cm³/mol. The van der Waals surface area contributed by atoms with Crippen molar-refractivity contribution in [1.82, 2.24) is 4.98 Å². The van der Waals surface area contributed by atoms with E-state index in [0.717, 1.165) is 28.1 Å². The van der Waals surface area contributed by atoms with Crippen molar-refractivity contribution < 1.29 is 0 Å². The third-order valence-corrected chi connectivity index (χ3v) is 10.8. The predicted octanol–water partition coefficient (Wildman–Crippen LogP) is 15.1. The van der Waals surface area contributed by atoms with E-state index in [1.54, 1.807) is 0 Å². The molecule has 0 spiro atoms. The van der Waals surface area contributed by atoms with Crippen LogP contribution in [0.25, 0.3) is 99.7 Å². The standard InChI is InChI=1S/C55H37N/c1-5-17-38(18-6-1)44-33-45(39-19-7-2-8-20-39)35-47(34-44)55-50-27-15-13-25-48(50)54(49-26-14-16-28-51(49)55)43-31-29-42(30-32-43)53-37-46(40-21-9-3-10-22-40)36-52(56-53)41-23-11-4-12-24-41/h1-37H. The Kier molecular flexibility index (Phi) is 8.59. The van der Waals surface area contributed by atoms with E-state index >= 15 is 0 Å². The fraction of sp³-hybridized carbons (Fsp3) is 0. The Bertz CT molecular complexity index is 2800. The minimum absolute atomic E-state index is 0.953. The van der Waals surface area contributed by atoms with Gasteiger partial charge in [0.1, 0.15) is 0 Å². The van der Waals surface area contributed by atoms with Gasteiger partial charge in [0.2, 0.25) is 0 Å². The zero-order valence-corrected chi connectivity index (χ0v) is 30.8. The monoisotopic (exact) mass is 711 g/mol. The van der Waals surface area contributed by atoms with Crippen LogP contribution in [0.3, 0.4) is 0 Å². The molecule has 0 N–H and O–H groups in total. The molecule has 10 aromatic rings. The Hall–Kier alpha value is -7.35. The van der Waals surface area contributed by atoms with Crippen LogP contribution in [0, 0.1) is 0 Å². The molecule has 0 unspecified atom stereocenters. The van der Waals surface area contributed by atoms with Crippen LogP contribution in [0.2, 0.25) is 0 Å². The van der Waals surface area contributed by atoms with Crippen molar-refractivity contribution >= 4 is 21.5 Å². The van der Waals surface area contributed by atoms with Crippen LogP contribution in [0.5, 0.6) is 0 Å². The highest BCUT2D eigenvalue weighted by atomic mass is 14.7. The lowest BCUT2D eigenvalue weighted by atomic mass is 9.84. The van der Waals surface area contributed by atoms with Crippen molar-refractivity contribution in [2.24, 2.45) is 0 Å². The maximum Gasteiger partial charge on any atom is 0.0715 e. The Labute approximate surface area is 327 Å². The number of nitrogens with zero attached hydrogens (tertiary/aromatic N) is 1. The van der Waals surface area contributed by atoms with Crippen molar-refractivity contribution in [1.29, 1.82) is 0 Å². The summed E-state index contributed by atoms with van der Waals surface area (Å²) in [6, 6.07) is 80.7. The minimum atomic E-state index is 0.953. The van der Waals surface area contributed by atoms with Gasteiger partial charge in [-0.2, -0.15) is 0 Å². The van der Waals surface area contributed by atoms with Gasteiger partial charge in [-0.05, 0) is 108 Å². The summed E-state index contributed by atoms with van der Waals surface area (Å²) in [4.78, 5) is 5.20. The highest BCUT2D eigenvalue weighted by molar-refractivity contribution is 6.21. The molecule has 0 atom stereocenters. The van der Waals surface area contributed by atoms with Crippen LogP contribution in [-0.2, 0) is 0 Å². The molecular formula is C55H37N. The van der Waals surface area contributed by atoms with Crippen molar-refractivity contribution in [2.45, 2.75) is 0 Å². The van der Waals surface area contributed by atoms with E-state index in [2.05, 4.69) is 218 Å². The topological polar surface area (TPSA) is 12.9 Å². The van der Waals surface area contributed by atoms with Crippen molar-refractivity contribution in [2.75, 3.05) is 0 Å². The second-order valence-corrected chi connectivity index (χ2v) is 14.3. The van der Waals surface area contributed by atoms with E-state index in [-0.39, 0.29) is 0 Å². The van der Waals surface area contributed by atoms with Gasteiger partial charge in [0, 0.05) is 11.1 Å². The van der Waals surface area contributed by atoms with Crippen LogP contribution in [0.4, 0.5) is 0 Å². The highest BCUT2D eigenvalue weighted by Crippen LogP contribution is 2.45. The summed E-state index contributed by atoms with van der Waals surface area (Å²) in [5.74, 6) is 0. The molecule has 0 aliphatic heterocycles. The summed E-state index contributed by atoms with van der Waals surface area (Å²) in [5, 5.41) is 4.94. The first-order valence-electron chi connectivity index (χ1n) is 19.2. The molecule has 0 bridgehead atoms. The van der Waals surface area contributed by atoms with Gasteiger partial charge >= 0.3 is 0 Å². The minimum Gasteiger partial charge on any atom is -0.248 e. The lowest BCUT2D eigenvalue weighted by Gasteiger charge is -2.19. The van der Waals surface area contributed by atoms with E-state index in [0.29, 0.717) is 0 Å². The summed E-state index contributed by atoms with van der Waals surface area (Å²) in [6.07, 6.45) is 0. The van der Waals surface area contributed by atoms with E-state index in [1.165, 1.54) is 71.6 Å². The molecule has 1 heteroatoms. The second kappa shape index (κ2) is 14.5. The van der Waals surface area contributed by atoms with E-state index in [4.69, 9.17) is 4.98 Å². The molecule has 0 saturated carbocycles. The summed E-state index contributed by atoms with van der Waals surface area (Å²) in [7, 11) is 0. The molecule has 10 rings (SSSR count). The van der Waals surface area contributed by atoms with Gasteiger partial charge in [0.15, 0.2) is 0 Å². The van der Waals surface area contributed by atoms with E-state index < -0.39 is 0 Å². The smallest absolute Gasteiger partial charge is 0.0715 e. The number of hydrogen-bond donors (Lipinski definition) is 0. The van der Waals surface area contributed by atoms with Crippen LogP contribution >= 0.6 is 0 Å². The first-order chi connectivity index (χ1) is 27.8. The van der Waals surface area contributed by atoms with Crippen LogP contribution < -0.4 is 0 Å². The molecule has 1 nitrogen and oxygen atoms in total. The van der Waals surface area contributed by atoms with Gasteiger partial charge in [-0.3, -0.25) is 0 Å². The second-order valence-electron chi connectivity index (χ2n) is 14.3. The van der Waals surface area contributed by atoms with Gasteiger partial charge in [-0.25, -0.2) is 4.98 Å². The van der Waals surface area contributed by atoms with Gasteiger partial charge < -0.3 is 0 Å². The van der Waals surface area contributed by atoms with Crippen molar-refractivity contribution in [3.63, 3.8) is 0 Å². The number of fused-ring (bicyclic) bond motifs is 2. The van der Waals surface area contributed by atoms with Crippen LogP contribution in [-0.4, -0.2) is 4.98 Å². The summed E-state index contributed by atoms with van der Waals surface area (Å²) in [6.45, 7) is 0. The molecule has 9 aromatic carbocycles. The van der Waals surface area contributed by atoms with Gasteiger partial charge in [-0.15, -0.1) is 0 Å². The Morgan fingerprint density at radius 3 is 0.893 bits per heavy atom. The zero-order valence-electron chi connectivity index (χ0n) is 30.8. The lowest BCUT2D eigenvalue weighted by molar-refractivity contribution is 1.32. The van der Waals surface area contributed by atoms with Crippen LogP contribution in [0.1, 0.15) is 0 Å². The zero-order chi connectivity index (χ0) is 37.3. The average Bonchev–Trinajstić information content (AvgIpc) is 3.29. The quantitative estimate of drug-likeness (QED) is 0.150. The van der Waals surface area contributed by atoms with Gasteiger partial charge in [-0.1, -0.05) is 194 Å². The first kappa shape index (κ1) is 33.2. The molecule has 0 aliphatic carbocycles. The third-order valence-electron chi connectivity index (χ3n) is 10.8. The molecule has 0 fully saturated rings. The maximum atomic E-state index is 5.20. The largest absolute Gasteiger partial charge is 0.248 e. The van der Waals surface area contributed by atoms with Crippen molar-refractivity contribution in [3.8, 4) is 78.1 Å². The number of pyridine rings is 1. The molecular weight excluding hydrogens is 675 g/mol. The third kappa shape index (κ3) is 6.26. The Balaban J connectivity index is 1.14. The maximum absolute atomic E-state index is 5.20. The summed E-state index contributed by atoms with van der Waals surface area (Å²) < 4.78 is 0. The number of hydrogen-bond acceptors (Lipinski definition) is 1. The summed E-state index contributed by atoms with van der Waals surface area (Å²) in [5.41, 5.74) is 16.1. The van der Waals surface area contributed by atoms with E-state index in [1.807, 2.05) is 6.07 Å². The first-order valence-corrected chi connectivity index (χ1v) is 19.2. The van der Waals surface area contributed by atoms with Gasteiger partial charge in [0.25, 0.3) is 0 Å². The molecule has 262 valence electrons. The number of aromatic nitrogens is 1.